The third-order valence-corrected chi connectivity index (χ3v) is 3.72. The molecule has 0 unspecified atom stereocenters. The second-order valence-corrected chi connectivity index (χ2v) is 5.46. The van der Waals surface area contributed by atoms with E-state index in [0.29, 0.717) is 17.5 Å². The molecule has 24 heavy (non-hydrogen) atoms. The minimum absolute atomic E-state index is 0.111. The van der Waals surface area contributed by atoms with Crippen molar-refractivity contribution in [3.05, 3.63) is 35.4 Å². The van der Waals surface area contributed by atoms with E-state index in [1.165, 1.54) is 16.8 Å². The molecule has 1 aliphatic heterocycles. The van der Waals surface area contributed by atoms with E-state index >= 15 is 0 Å². The lowest BCUT2D eigenvalue weighted by atomic mass is 10.1. The number of fused-ring (bicyclic) bond motifs is 1. The fourth-order valence-electron chi connectivity index (χ4n) is 2.37. The zero-order valence-electron chi connectivity index (χ0n) is 13.3. The van der Waals surface area contributed by atoms with Crippen molar-refractivity contribution in [1.29, 1.82) is 0 Å². The monoisotopic (exact) mass is 333 g/mol. The fourth-order valence-corrected chi connectivity index (χ4v) is 2.37. The molecule has 8 heteroatoms. The smallest absolute Gasteiger partial charge is 0.317 e. The lowest BCUT2D eigenvalue weighted by Gasteiger charge is -2.18. The van der Waals surface area contributed by atoms with Gasteiger partial charge in [-0.15, -0.1) is 0 Å². The molecule has 1 heterocycles. The number of carboxylic acid groups (broad SMARTS) is 1. The number of nitrogens with zero attached hydrogens (tertiary/aromatic N) is 2. The second-order valence-electron chi connectivity index (χ2n) is 5.46. The third-order valence-electron chi connectivity index (χ3n) is 3.72. The normalized spacial score (nSPS) is 13.0. The predicted molar refractivity (Wildman–Crippen MR) is 84.7 cm³/mol. The lowest BCUT2D eigenvalue weighted by Crippen LogP contribution is -2.40. The Morgan fingerprint density at radius 2 is 1.75 bits per heavy atom. The highest BCUT2D eigenvalue weighted by molar-refractivity contribution is 6.21. The first kappa shape index (κ1) is 17.5. The average Bonchev–Trinajstić information content (AvgIpc) is 2.81. The number of hydrogen-bond acceptors (Lipinski definition) is 4. The molecular weight excluding hydrogens is 314 g/mol. The highest BCUT2D eigenvalue weighted by atomic mass is 16.4. The van der Waals surface area contributed by atoms with Gasteiger partial charge in [0.05, 0.1) is 17.5 Å². The van der Waals surface area contributed by atoms with Crippen LogP contribution < -0.4 is 5.32 Å². The van der Waals surface area contributed by atoms with Crippen LogP contribution in [0, 0.1) is 0 Å². The van der Waals surface area contributed by atoms with E-state index in [1.807, 2.05) is 0 Å². The summed E-state index contributed by atoms with van der Waals surface area (Å²) >= 11 is 0. The number of amides is 4. The Bertz CT molecular complexity index is 638. The van der Waals surface area contributed by atoms with Gasteiger partial charge in [0.25, 0.3) is 11.8 Å². The van der Waals surface area contributed by atoms with Gasteiger partial charge in [0.2, 0.25) is 0 Å². The van der Waals surface area contributed by atoms with E-state index in [4.69, 9.17) is 5.11 Å². The summed E-state index contributed by atoms with van der Waals surface area (Å²) in [4.78, 5) is 48.9. The van der Waals surface area contributed by atoms with Crippen LogP contribution in [-0.2, 0) is 4.79 Å². The Labute approximate surface area is 139 Å². The van der Waals surface area contributed by atoms with Crippen LogP contribution in [0.1, 0.15) is 33.6 Å². The van der Waals surface area contributed by atoms with Crippen molar-refractivity contribution in [2.75, 3.05) is 26.7 Å². The number of benzene rings is 1. The largest absolute Gasteiger partial charge is 0.481 e. The first-order valence-electron chi connectivity index (χ1n) is 7.58. The summed E-state index contributed by atoms with van der Waals surface area (Å²) in [5.41, 5.74) is 0.805. The molecule has 0 aromatic heterocycles. The molecular formula is C16H19N3O5. The van der Waals surface area contributed by atoms with Crippen molar-refractivity contribution < 1.29 is 24.3 Å². The van der Waals surface area contributed by atoms with Crippen LogP contribution >= 0.6 is 0 Å². The molecule has 2 N–H and O–H groups in total. The molecule has 0 saturated carbocycles. The molecule has 0 spiro atoms. The Balaban J connectivity index is 1.75. The molecule has 0 aliphatic carbocycles. The third kappa shape index (κ3) is 3.89. The minimum Gasteiger partial charge on any atom is -0.481 e. The Morgan fingerprint density at radius 1 is 1.17 bits per heavy atom. The van der Waals surface area contributed by atoms with Crippen molar-refractivity contribution in [1.82, 2.24) is 15.1 Å². The molecule has 1 aromatic carbocycles. The summed E-state index contributed by atoms with van der Waals surface area (Å²) in [5, 5.41) is 11.2. The van der Waals surface area contributed by atoms with Crippen molar-refractivity contribution >= 4 is 23.8 Å². The van der Waals surface area contributed by atoms with Gasteiger partial charge in [0, 0.05) is 26.7 Å². The van der Waals surface area contributed by atoms with Gasteiger partial charge in [-0.05, 0) is 18.6 Å². The standard InChI is InChI=1S/C16H19N3O5/c1-18(10-7-13(20)21)16(24)17-8-4-9-19-14(22)11-5-2-3-6-12(11)15(19)23/h2-3,5-6H,4,7-10H2,1H3,(H,17,24)(H,20,21). The van der Waals surface area contributed by atoms with Crippen molar-refractivity contribution in [2.45, 2.75) is 12.8 Å². The molecule has 8 nitrogen and oxygen atoms in total. The summed E-state index contributed by atoms with van der Waals surface area (Å²) in [5.74, 6) is -1.61. The molecule has 1 aliphatic rings. The number of aliphatic carboxylic acids is 1. The number of urea groups is 1. The van der Waals surface area contributed by atoms with Gasteiger partial charge < -0.3 is 15.3 Å². The van der Waals surface area contributed by atoms with Crippen molar-refractivity contribution in [2.24, 2.45) is 0 Å². The number of carbonyl (C=O) groups is 4. The molecule has 0 fully saturated rings. The van der Waals surface area contributed by atoms with E-state index in [9.17, 15) is 19.2 Å². The van der Waals surface area contributed by atoms with Crippen molar-refractivity contribution in [3.8, 4) is 0 Å². The molecule has 0 bridgehead atoms. The van der Waals surface area contributed by atoms with Crippen LogP contribution in [0.25, 0.3) is 0 Å². The van der Waals surface area contributed by atoms with E-state index < -0.39 is 12.0 Å². The highest BCUT2D eigenvalue weighted by Crippen LogP contribution is 2.22. The van der Waals surface area contributed by atoms with E-state index in [2.05, 4.69) is 5.32 Å². The Morgan fingerprint density at radius 3 is 2.29 bits per heavy atom. The van der Waals surface area contributed by atoms with E-state index in [-0.39, 0.29) is 37.9 Å². The number of nitrogens with one attached hydrogen (secondary N) is 1. The van der Waals surface area contributed by atoms with Crippen molar-refractivity contribution in [3.63, 3.8) is 0 Å². The maximum atomic E-state index is 12.1. The van der Waals surface area contributed by atoms with Gasteiger partial charge in [-0.3, -0.25) is 19.3 Å². The fraction of sp³-hybridized carbons (Fsp3) is 0.375. The Kier molecular flexibility index (Phi) is 5.51. The van der Waals surface area contributed by atoms with Crippen LogP contribution in [0.2, 0.25) is 0 Å². The first-order valence-corrected chi connectivity index (χ1v) is 7.58. The maximum Gasteiger partial charge on any atom is 0.317 e. The number of imide groups is 1. The van der Waals surface area contributed by atoms with Gasteiger partial charge in [0.1, 0.15) is 0 Å². The summed E-state index contributed by atoms with van der Waals surface area (Å²) < 4.78 is 0. The summed E-state index contributed by atoms with van der Waals surface area (Å²) in [7, 11) is 1.50. The maximum absolute atomic E-state index is 12.1. The minimum atomic E-state index is -0.972. The predicted octanol–water partition coefficient (Wildman–Crippen LogP) is 0.789. The SMILES string of the molecule is CN(CCC(=O)O)C(=O)NCCCN1C(=O)c2ccccc2C1=O. The quantitative estimate of drug-likeness (QED) is 0.567. The topological polar surface area (TPSA) is 107 Å². The van der Waals surface area contributed by atoms with Gasteiger partial charge >= 0.3 is 12.0 Å². The number of hydrogen-bond donors (Lipinski definition) is 2. The van der Waals surface area contributed by atoms with Crippen LogP contribution in [0.4, 0.5) is 4.79 Å². The molecule has 0 saturated heterocycles. The molecule has 0 radical (unpaired) electrons. The van der Waals surface area contributed by atoms with Crippen LogP contribution in [0.15, 0.2) is 24.3 Å². The first-order chi connectivity index (χ1) is 11.4. The number of carbonyl (C=O) groups excluding carboxylic acids is 3. The molecule has 128 valence electrons. The summed E-state index contributed by atoms with van der Waals surface area (Å²) in [6.45, 7) is 0.606. The number of rotatable bonds is 7. The van der Waals surface area contributed by atoms with E-state index in [1.54, 1.807) is 24.3 Å². The van der Waals surface area contributed by atoms with E-state index in [0.717, 1.165) is 0 Å². The molecule has 4 amide bonds. The van der Waals surface area contributed by atoms with Gasteiger partial charge in [-0.1, -0.05) is 12.1 Å². The second kappa shape index (κ2) is 7.58. The van der Waals surface area contributed by atoms with Gasteiger partial charge in [-0.25, -0.2) is 4.79 Å². The molecule has 2 rings (SSSR count). The average molecular weight is 333 g/mol. The number of carboxylic acids is 1. The molecule has 1 aromatic rings. The highest BCUT2D eigenvalue weighted by Gasteiger charge is 2.34. The van der Waals surface area contributed by atoms with Crippen LogP contribution in [-0.4, -0.2) is 65.4 Å². The van der Waals surface area contributed by atoms with Crippen LogP contribution in [0.5, 0.6) is 0 Å². The zero-order chi connectivity index (χ0) is 17.7. The summed E-state index contributed by atoms with van der Waals surface area (Å²) in [6, 6.07) is 6.27. The van der Waals surface area contributed by atoms with Crippen LogP contribution in [0.3, 0.4) is 0 Å². The zero-order valence-corrected chi connectivity index (χ0v) is 13.3. The lowest BCUT2D eigenvalue weighted by molar-refractivity contribution is -0.137. The van der Waals surface area contributed by atoms with Gasteiger partial charge in [-0.2, -0.15) is 0 Å². The molecule has 0 atom stereocenters. The summed E-state index contributed by atoms with van der Waals surface area (Å²) in [6.07, 6.45) is 0.295. The van der Waals surface area contributed by atoms with Gasteiger partial charge in [0.15, 0.2) is 0 Å². The Hall–Kier alpha value is -2.90.